The smallest absolute Gasteiger partial charge is 0.147 e. The molecule has 3 nitrogen and oxygen atoms in total. The maximum Gasteiger partial charge on any atom is 0.147 e. The zero-order valence-electron chi connectivity index (χ0n) is 9.86. The second-order valence-electron chi connectivity index (χ2n) is 4.78. The van der Waals surface area contributed by atoms with Gasteiger partial charge in [0.25, 0.3) is 0 Å². The summed E-state index contributed by atoms with van der Waals surface area (Å²) in [5, 5.41) is 8.70. The lowest BCUT2D eigenvalue weighted by molar-refractivity contribution is 0.398. The van der Waals surface area contributed by atoms with Crippen LogP contribution in [0.1, 0.15) is 18.9 Å². The third kappa shape index (κ3) is 2.56. The quantitative estimate of drug-likeness (QED) is 0.805. The zero-order chi connectivity index (χ0) is 12.4. The van der Waals surface area contributed by atoms with Crippen molar-refractivity contribution in [3.05, 3.63) is 29.6 Å². The van der Waals surface area contributed by atoms with Crippen molar-refractivity contribution in [1.29, 1.82) is 5.26 Å². The van der Waals surface area contributed by atoms with Crippen LogP contribution in [0.3, 0.4) is 0 Å². The van der Waals surface area contributed by atoms with Crippen LogP contribution in [-0.4, -0.2) is 19.1 Å². The molecule has 2 N–H and O–H groups in total. The molecule has 1 saturated heterocycles. The van der Waals surface area contributed by atoms with Gasteiger partial charge in [0.05, 0.1) is 17.3 Å². The normalized spacial score (nSPS) is 24.5. The first kappa shape index (κ1) is 11.9. The van der Waals surface area contributed by atoms with E-state index >= 15 is 0 Å². The Morgan fingerprint density at radius 1 is 1.47 bits per heavy atom. The number of benzene rings is 1. The van der Waals surface area contributed by atoms with Crippen molar-refractivity contribution >= 4 is 5.69 Å². The summed E-state index contributed by atoms with van der Waals surface area (Å²) in [6, 6.07) is 6.61. The Bertz CT molecular complexity index is 442. The zero-order valence-corrected chi connectivity index (χ0v) is 9.86. The maximum absolute atomic E-state index is 13.8. The first-order valence-corrected chi connectivity index (χ1v) is 5.80. The van der Waals surface area contributed by atoms with E-state index in [1.54, 1.807) is 12.1 Å². The molecule has 0 saturated carbocycles. The van der Waals surface area contributed by atoms with E-state index in [1.165, 1.54) is 6.07 Å². The van der Waals surface area contributed by atoms with Crippen LogP contribution in [0.5, 0.6) is 0 Å². The van der Waals surface area contributed by atoms with Gasteiger partial charge in [0, 0.05) is 19.1 Å². The third-order valence-corrected chi connectivity index (χ3v) is 3.11. The van der Waals surface area contributed by atoms with Crippen molar-refractivity contribution in [1.82, 2.24) is 0 Å². The molecule has 0 radical (unpaired) electrons. The second kappa shape index (κ2) is 4.72. The van der Waals surface area contributed by atoms with Crippen molar-refractivity contribution < 1.29 is 4.39 Å². The van der Waals surface area contributed by atoms with Gasteiger partial charge in [0.1, 0.15) is 5.82 Å². The molecule has 2 rings (SSSR count). The molecule has 1 aliphatic heterocycles. The molecule has 2 unspecified atom stereocenters. The highest BCUT2D eigenvalue weighted by molar-refractivity contribution is 5.51. The van der Waals surface area contributed by atoms with E-state index in [4.69, 9.17) is 11.0 Å². The molecule has 1 fully saturated rings. The molecule has 90 valence electrons. The number of piperidine rings is 1. The average Bonchev–Trinajstić information content (AvgIpc) is 2.27. The van der Waals surface area contributed by atoms with Crippen LogP contribution in [-0.2, 0) is 0 Å². The van der Waals surface area contributed by atoms with E-state index < -0.39 is 0 Å². The summed E-state index contributed by atoms with van der Waals surface area (Å²) in [7, 11) is 0. The lowest BCUT2D eigenvalue weighted by Gasteiger charge is -2.36. The number of anilines is 1. The van der Waals surface area contributed by atoms with Gasteiger partial charge in [-0.3, -0.25) is 0 Å². The van der Waals surface area contributed by atoms with Gasteiger partial charge < -0.3 is 10.6 Å². The fourth-order valence-corrected chi connectivity index (χ4v) is 2.43. The van der Waals surface area contributed by atoms with E-state index in [0.717, 1.165) is 13.0 Å². The second-order valence-corrected chi connectivity index (χ2v) is 4.78. The summed E-state index contributed by atoms with van der Waals surface area (Å²) in [5.41, 5.74) is 6.84. The standard InChI is InChI=1S/C13H16FN3/c1-9-4-11(16)8-17(7-9)13-3-2-10(6-15)5-12(13)14/h2-3,5,9,11H,4,7-8,16H2,1H3. The first-order valence-electron chi connectivity index (χ1n) is 5.80. The molecule has 0 aliphatic carbocycles. The van der Waals surface area contributed by atoms with Gasteiger partial charge in [-0.15, -0.1) is 0 Å². The molecular weight excluding hydrogens is 217 g/mol. The Hall–Kier alpha value is -1.60. The van der Waals surface area contributed by atoms with Crippen molar-refractivity contribution in [2.45, 2.75) is 19.4 Å². The van der Waals surface area contributed by atoms with Crippen LogP contribution in [0, 0.1) is 23.1 Å². The van der Waals surface area contributed by atoms with Gasteiger partial charge in [-0.1, -0.05) is 6.92 Å². The largest absolute Gasteiger partial charge is 0.367 e. The predicted octanol–water partition coefficient (Wildman–Crippen LogP) is 1.87. The molecule has 2 atom stereocenters. The molecule has 1 aliphatic rings. The summed E-state index contributed by atoms with van der Waals surface area (Å²) in [5.74, 6) is 0.124. The van der Waals surface area contributed by atoms with Gasteiger partial charge in [-0.25, -0.2) is 4.39 Å². The summed E-state index contributed by atoms with van der Waals surface area (Å²) in [4.78, 5) is 1.97. The SMILES string of the molecule is CC1CC(N)CN(c2ccc(C#N)cc2F)C1. The van der Waals surface area contributed by atoms with E-state index in [9.17, 15) is 4.39 Å². The number of nitrogens with zero attached hydrogens (tertiary/aromatic N) is 2. The minimum Gasteiger partial charge on any atom is -0.367 e. The van der Waals surface area contributed by atoms with E-state index in [1.807, 2.05) is 11.0 Å². The molecule has 0 aromatic heterocycles. The van der Waals surface area contributed by atoms with Gasteiger partial charge in [-0.2, -0.15) is 5.26 Å². The van der Waals surface area contributed by atoms with Crippen LogP contribution in [0.4, 0.5) is 10.1 Å². The van der Waals surface area contributed by atoms with E-state index in [-0.39, 0.29) is 11.9 Å². The number of rotatable bonds is 1. The lowest BCUT2D eigenvalue weighted by Crippen LogP contribution is -2.46. The van der Waals surface area contributed by atoms with Crippen LogP contribution >= 0.6 is 0 Å². The maximum atomic E-state index is 13.8. The van der Waals surface area contributed by atoms with Crippen molar-refractivity contribution in [2.24, 2.45) is 11.7 Å². The highest BCUT2D eigenvalue weighted by atomic mass is 19.1. The van der Waals surface area contributed by atoms with Gasteiger partial charge in [-0.05, 0) is 30.5 Å². The molecule has 4 heteroatoms. The van der Waals surface area contributed by atoms with Crippen molar-refractivity contribution in [3.63, 3.8) is 0 Å². The predicted molar refractivity (Wildman–Crippen MR) is 65.1 cm³/mol. The summed E-state index contributed by atoms with van der Waals surface area (Å²) < 4.78 is 13.8. The summed E-state index contributed by atoms with van der Waals surface area (Å²) in [6.45, 7) is 3.61. The highest BCUT2D eigenvalue weighted by Crippen LogP contribution is 2.25. The molecule has 0 spiro atoms. The minimum absolute atomic E-state index is 0.0915. The first-order chi connectivity index (χ1) is 8.10. The fourth-order valence-electron chi connectivity index (χ4n) is 2.43. The molecule has 1 heterocycles. The Kier molecular flexibility index (Phi) is 3.30. The van der Waals surface area contributed by atoms with E-state index in [0.29, 0.717) is 23.7 Å². The van der Waals surface area contributed by atoms with Gasteiger partial charge in [0.2, 0.25) is 0 Å². The molecule has 17 heavy (non-hydrogen) atoms. The number of nitrogens with two attached hydrogens (primary N) is 1. The highest BCUT2D eigenvalue weighted by Gasteiger charge is 2.24. The Morgan fingerprint density at radius 2 is 2.24 bits per heavy atom. The van der Waals surface area contributed by atoms with E-state index in [2.05, 4.69) is 6.92 Å². The molecule has 1 aromatic carbocycles. The molecule has 0 amide bonds. The van der Waals surface area contributed by atoms with Crippen molar-refractivity contribution in [3.8, 4) is 6.07 Å². The number of halogens is 1. The average molecular weight is 233 g/mol. The van der Waals surface area contributed by atoms with Gasteiger partial charge in [0.15, 0.2) is 0 Å². The third-order valence-electron chi connectivity index (χ3n) is 3.11. The van der Waals surface area contributed by atoms with Gasteiger partial charge >= 0.3 is 0 Å². The minimum atomic E-state index is -0.342. The molecular formula is C13H16FN3. The molecule has 1 aromatic rings. The number of nitriles is 1. The Morgan fingerprint density at radius 3 is 2.82 bits per heavy atom. The topological polar surface area (TPSA) is 53.0 Å². The van der Waals surface area contributed by atoms with Crippen LogP contribution < -0.4 is 10.6 Å². The number of hydrogen-bond donors (Lipinski definition) is 1. The van der Waals surface area contributed by atoms with Crippen molar-refractivity contribution in [2.75, 3.05) is 18.0 Å². The fraction of sp³-hybridized carbons (Fsp3) is 0.462. The van der Waals surface area contributed by atoms with Crippen LogP contribution in [0.25, 0.3) is 0 Å². The monoisotopic (exact) mass is 233 g/mol. The van der Waals surface area contributed by atoms with Crippen LogP contribution in [0.2, 0.25) is 0 Å². The molecule has 0 bridgehead atoms. The summed E-state index contributed by atoms with van der Waals surface area (Å²) >= 11 is 0. The Balaban J connectivity index is 2.25. The number of hydrogen-bond acceptors (Lipinski definition) is 3. The van der Waals surface area contributed by atoms with Crippen LogP contribution in [0.15, 0.2) is 18.2 Å². The summed E-state index contributed by atoms with van der Waals surface area (Å²) in [6.07, 6.45) is 0.981. The Labute approximate surface area is 101 Å². The lowest BCUT2D eigenvalue weighted by atomic mass is 9.96.